The Bertz CT molecular complexity index is 541. The first-order chi connectivity index (χ1) is 9.72. The van der Waals surface area contributed by atoms with Crippen LogP contribution in [0.25, 0.3) is 11.1 Å². The van der Waals surface area contributed by atoms with Gasteiger partial charge in [-0.1, -0.05) is 42.5 Å². The maximum Gasteiger partial charge on any atom is 0.0364 e. The van der Waals surface area contributed by atoms with Crippen molar-refractivity contribution in [1.82, 2.24) is 0 Å². The molecule has 0 aromatic heterocycles. The van der Waals surface area contributed by atoms with Gasteiger partial charge in [0, 0.05) is 25.3 Å². The number of anilines is 1. The molecule has 0 radical (unpaired) electrons. The zero-order valence-corrected chi connectivity index (χ0v) is 12.0. The van der Waals surface area contributed by atoms with Gasteiger partial charge in [0.15, 0.2) is 0 Å². The van der Waals surface area contributed by atoms with Crippen LogP contribution >= 0.6 is 0 Å². The lowest BCUT2D eigenvalue weighted by Gasteiger charge is -2.36. The van der Waals surface area contributed by atoms with Crippen LogP contribution in [0, 0.1) is 5.92 Å². The average molecular weight is 266 g/mol. The normalized spacial score (nSPS) is 21.3. The van der Waals surface area contributed by atoms with Crippen molar-refractivity contribution in [2.24, 2.45) is 11.7 Å². The highest BCUT2D eigenvalue weighted by molar-refractivity contribution is 5.66. The van der Waals surface area contributed by atoms with Gasteiger partial charge in [-0.2, -0.15) is 0 Å². The van der Waals surface area contributed by atoms with Crippen LogP contribution < -0.4 is 10.6 Å². The summed E-state index contributed by atoms with van der Waals surface area (Å²) in [5, 5.41) is 0. The van der Waals surface area contributed by atoms with E-state index in [4.69, 9.17) is 5.73 Å². The predicted molar refractivity (Wildman–Crippen MR) is 85.8 cm³/mol. The van der Waals surface area contributed by atoms with E-state index in [-0.39, 0.29) is 0 Å². The molecule has 2 aromatic rings. The minimum absolute atomic E-state index is 0.439. The minimum Gasteiger partial charge on any atom is -0.374 e. The van der Waals surface area contributed by atoms with E-state index in [1.165, 1.54) is 29.7 Å². The van der Waals surface area contributed by atoms with E-state index in [0.29, 0.717) is 6.04 Å². The SMILES string of the molecule is CN(CC1CC(N)C1)c1ccc(-c2ccccc2)cc1. The van der Waals surface area contributed by atoms with E-state index in [1.54, 1.807) is 0 Å². The van der Waals surface area contributed by atoms with Gasteiger partial charge in [-0.25, -0.2) is 0 Å². The Hall–Kier alpha value is -1.80. The first-order valence-electron chi connectivity index (χ1n) is 7.34. The summed E-state index contributed by atoms with van der Waals surface area (Å²) in [6.07, 6.45) is 2.35. The van der Waals surface area contributed by atoms with E-state index in [2.05, 4.69) is 66.5 Å². The first kappa shape index (κ1) is 13.2. The number of hydrogen-bond donors (Lipinski definition) is 1. The molecule has 2 heteroatoms. The first-order valence-corrected chi connectivity index (χ1v) is 7.34. The van der Waals surface area contributed by atoms with Crippen LogP contribution in [0.5, 0.6) is 0 Å². The summed E-state index contributed by atoms with van der Waals surface area (Å²) in [4.78, 5) is 2.34. The standard InChI is InChI=1S/C18H22N2/c1-20(13-14-11-17(19)12-14)18-9-7-16(8-10-18)15-5-3-2-4-6-15/h2-10,14,17H,11-13,19H2,1H3. The van der Waals surface area contributed by atoms with E-state index in [9.17, 15) is 0 Å². The fourth-order valence-electron chi connectivity index (χ4n) is 2.97. The van der Waals surface area contributed by atoms with Crippen molar-refractivity contribution in [3.05, 3.63) is 54.6 Å². The number of nitrogens with two attached hydrogens (primary N) is 1. The van der Waals surface area contributed by atoms with Gasteiger partial charge < -0.3 is 10.6 Å². The molecule has 0 spiro atoms. The van der Waals surface area contributed by atoms with Crippen LogP contribution in [0.15, 0.2) is 54.6 Å². The molecule has 104 valence electrons. The molecule has 0 aliphatic heterocycles. The highest BCUT2D eigenvalue weighted by atomic mass is 15.1. The van der Waals surface area contributed by atoms with Crippen molar-refractivity contribution in [2.45, 2.75) is 18.9 Å². The third kappa shape index (κ3) is 2.86. The average Bonchev–Trinajstić information content (AvgIpc) is 2.47. The van der Waals surface area contributed by atoms with Gasteiger partial charge in [0.1, 0.15) is 0 Å². The van der Waals surface area contributed by atoms with Crippen LogP contribution in [-0.4, -0.2) is 19.6 Å². The number of nitrogens with zero attached hydrogens (tertiary/aromatic N) is 1. The molecule has 0 saturated heterocycles. The second kappa shape index (κ2) is 5.68. The topological polar surface area (TPSA) is 29.3 Å². The molecule has 20 heavy (non-hydrogen) atoms. The smallest absolute Gasteiger partial charge is 0.0364 e. The van der Waals surface area contributed by atoms with Gasteiger partial charge in [-0.3, -0.25) is 0 Å². The lowest BCUT2D eigenvalue weighted by atomic mass is 9.80. The van der Waals surface area contributed by atoms with Crippen molar-refractivity contribution >= 4 is 5.69 Å². The molecule has 2 nitrogen and oxygen atoms in total. The third-order valence-corrected chi connectivity index (χ3v) is 4.22. The van der Waals surface area contributed by atoms with Crippen molar-refractivity contribution in [3.63, 3.8) is 0 Å². The molecule has 1 fully saturated rings. The van der Waals surface area contributed by atoms with E-state index < -0.39 is 0 Å². The molecule has 0 unspecified atom stereocenters. The lowest BCUT2D eigenvalue weighted by Crippen LogP contribution is -2.41. The van der Waals surface area contributed by atoms with E-state index in [0.717, 1.165) is 12.5 Å². The van der Waals surface area contributed by atoms with Crippen LogP contribution in [0.1, 0.15) is 12.8 Å². The molecule has 0 atom stereocenters. The van der Waals surface area contributed by atoms with Crippen molar-refractivity contribution in [2.75, 3.05) is 18.5 Å². The molecular formula is C18H22N2. The fraction of sp³-hybridized carbons (Fsp3) is 0.333. The highest BCUT2D eigenvalue weighted by Gasteiger charge is 2.26. The number of hydrogen-bond acceptors (Lipinski definition) is 2. The van der Waals surface area contributed by atoms with E-state index in [1.807, 2.05) is 0 Å². The maximum absolute atomic E-state index is 5.85. The summed E-state index contributed by atoms with van der Waals surface area (Å²) in [6.45, 7) is 1.11. The Morgan fingerprint density at radius 3 is 2.15 bits per heavy atom. The molecule has 0 bridgehead atoms. The van der Waals surface area contributed by atoms with Crippen molar-refractivity contribution in [3.8, 4) is 11.1 Å². The Kier molecular flexibility index (Phi) is 3.75. The zero-order valence-electron chi connectivity index (χ0n) is 12.0. The van der Waals surface area contributed by atoms with E-state index >= 15 is 0 Å². The van der Waals surface area contributed by atoms with Crippen LogP contribution in [-0.2, 0) is 0 Å². The van der Waals surface area contributed by atoms with Gasteiger partial charge in [0.05, 0.1) is 0 Å². The van der Waals surface area contributed by atoms with Gasteiger partial charge in [0.2, 0.25) is 0 Å². The lowest BCUT2D eigenvalue weighted by molar-refractivity contribution is 0.271. The maximum atomic E-state index is 5.85. The number of benzene rings is 2. The Morgan fingerprint density at radius 2 is 1.55 bits per heavy atom. The molecule has 1 saturated carbocycles. The molecule has 0 amide bonds. The summed E-state index contributed by atoms with van der Waals surface area (Å²) < 4.78 is 0. The molecule has 0 heterocycles. The molecule has 1 aliphatic carbocycles. The second-order valence-electron chi connectivity index (χ2n) is 5.89. The third-order valence-electron chi connectivity index (χ3n) is 4.22. The molecule has 2 aromatic carbocycles. The minimum atomic E-state index is 0.439. The van der Waals surface area contributed by atoms with Gasteiger partial charge in [-0.05, 0) is 42.0 Å². The second-order valence-corrected chi connectivity index (χ2v) is 5.89. The zero-order chi connectivity index (χ0) is 13.9. The van der Waals surface area contributed by atoms with Crippen LogP contribution in [0.3, 0.4) is 0 Å². The summed E-state index contributed by atoms with van der Waals surface area (Å²) in [5.74, 6) is 0.767. The summed E-state index contributed by atoms with van der Waals surface area (Å²) >= 11 is 0. The molecular weight excluding hydrogens is 244 g/mol. The fourth-order valence-corrected chi connectivity index (χ4v) is 2.97. The summed E-state index contributed by atoms with van der Waals surface area (Å²) in [5.41, 5.74) is 9.67. The summed E-state index contributed by atoms with van der Waals surface area (Å²) in [7, 11) is 2.17. The van der Waals surface area contributed by atoms with Gasteiger partial charge in [0.25, 0.3) is 0 Å². The molecule has 3 rings (SSSR count). The van der Waals surface area contributed by atoms with Crippen molar-refractivity contribution < 1.29 is 0 Å². The molecule has 1 aliphatic rings. The largest absolute Gasteiger partial charge is 0.374 e. The Labute approximate surface area is 121 Å². The van der Waals surface area contributed by atoms with Gasteiger partial charge >= 0.3 is 0 Å². The quantitative estimate of drug-likeness (QED) is 0.917. The molecule has 2 N–H and O–H groups in total. The summed E-state index contributed by atoms with van der Waals surface area (Å²) in [6, 6.07) is 19.8. The Morgan fingerprint density at radius 1 is 0.950 bits per heavy atom. The van der Waals surface area contributed by atoms with Crippen molar-refractivity contribution in [1.29, 1.82) is 0 Å². The van der Waals surface area contributed by atoms with Gasteiger partial charge in [-0.15, -0.1) is 0 Å². The number of rotatable bonds is 4. The van der Waals surface area contributed by atoms with Crippen LogP contribution in [0.4, 0.5) is 5.69 Å². The van der Waals surface area contributed by atoms with Crippen LogP contribution in [0.2, 0.25) is 0 Å². The highest BCUT2D eigenvalue weighted by Crippen LogP contribution is 2.28. The Balaban J connectivity index is 1.66. The predicted octanol–water partition coefficient (Wildman–Crippen LogP) is 3.53. The monoisotopic (exact) mass is 266 g/mol.